The first kappa shape index (κ1) is 20.1. The van der Waals surface area contributed by atoms with Gasteiger partial charge >= 0.3 is 17.5 Å². The summed E-state index contributed by atoms with van der Waals surface area (Å²) in [7, 11) is 0. The molecule has 0 atom stereocenters. The van der Waals surface area contributed by atoms with Crippen LogP contribution in [0.1, 0.15) is 26.9 Å². The highest BCUT2D eigenvalue weighted by molar-refractivity contribution is 9.10. The van der Waals surface area contributed by atoms with Crippen molar-refractivity contribution < 1.29 is 19.0 Å². The number of hydrogen-bond acceptors (Lipinski definition) is 8. The molecule has 0 bridgehead atoms. The summed E-state index contributed by atoms with van der Waals surface area (Å²) in [6.45, 7) is 0.356. The summed E-state index contributed by atoms with van der Waals surface area (Å²) < 4.78 is 6.80. The SMILES string of the molecule is O=C(NCCNC(=O)c1ccccc1Br)c1nc(Cn2cc([N+](=O)[O-])cn2)no1. The van der Waals surface area contributed by atoms with Crippen LogP contribution in [0.15, 0.2) is 45.7 Å². The molecule has 0 saturated heterocycles. The Kier molecular flexibility index (Phi) is 6.29. The number of aromatic nitrogens is 4. The van der Waals surface area contributed by atoms with Crippen molar-refractivity contribution in [1.29, 1.82) is 0 Å². The molecule has 0 aliphatic heterocycles. The lowest BCUT2D eigenvalue weighted by molar-refractivity contribution is -0.385. The summed E-state index contributed by atoms with van der Waals surface area (Å²) in [6, 6.07) is 6.97. The second-order valence-electron chi connectivity index (χ2n) is 5.66. The Bertz CT molecular complexity index is 1050. The predicted octanol–water partition coefficient (Wildman–Crippen LogP) is 1.14. The van der Waals surface area contributed by atoms with Crippen LogP contribution in [0.2, 0.25) is 0 Å². The first-order valence-electron chi connectivity index (χ1n) is 8.24. The summed E-state index contributed by atoms with van der Waals surface area (Å²) in [4.78, 5) is 38.1. The maximum Gasteiger partial charge on any atom is 0.316 e. The fraction of sp³-hybridized carbons (Fsp3) is 0.188. The Labute approximate surface area is 171 Å². The summed E-state index contributed by atoms with van der Waals surface area (Å²) in [5.74, 6) is -1.01. The molecule has 2 amide bonds. The molecule has 3 rings (SSSR count). The van der Waals surface area contributed by atoms with Gasteiger partial charge in [0, 0.05) is 17.6 Å². The van der Waals surface area contributed by atoms with Gasteiger partial charge in [0.15, 0.2) is 5.82 Å². The van der Waals surface area contributed by atoms with Crippen LogP contribution >= 0.6 is 15.9 Å². The third-order valence-electron chi connectivity index (χ3n) is 3.61. The summed E-state index contributed by atoms with van der Waals surface area (Å²) in [5.41, 5.74) is 0.315. The predicted molar refractivity (Wildman–Crippen MR) is 101 cm³/mol. The first-order valence-corrected chi connectivity index (χ1v) is 9.03. The van der Waals surface area contributed by atoms with E-state index in [4.69, 9.17) is 4.52 Å². The molecule has 0 fully saturated rings. The number of carbonyl (C=O) groups excluding carboxylic acids is 2. The second kappa shape index (κ2) is 9.05. The van der Waals surface area contributed by atoms with Crippen molar-refractivity contribution in [3.05, 3.63) is 68.5 Å². The molecule has 0 spiro atoms. The van der Waals surface area contributed by atoms with Gasteiger partial charge in [0.2, 0.25) is 0 Å². The van der Waals surface area contributed by atoms with Gasteiger partial charge in [0.05, 0.1) is 10.5 Å². The smallest absolute Gasteiger partial charge is 0.316 e. The number of rotatable bonds is 8. The van der Waals surface area contributed by atoms with Crippen LogP contribution in [0.25, 0.3) is 0 Å². The van der Waals surface area contributed by atoms with Gasteiger partial charge in [-0.05, 0) is 28.1 Å². The minimum absolute atomic E-state index is 0.00658. The van der Waals surface area contributed by atoms with E-state index < -0.39 is 10.8 Å². The van der Waals surface area contributed by atoms with Crippen molar-refractivity contribution in [1.82, 2.24) is 30.6 Å². The molecule has 0 aliphatic carbocycles. The molecule has 1 aromatic carbocycles. The minimum atomic E-state index is -0.606. The van der Waals surface area contributed by atoms with Gasteiger partial charge in [-0.3, -0.25) is 24.4 Å². The van der Waals surface area contributed by atoms with Crippen LogP contribution in [0.3, 0.4) is 0 Å². The van der Waals surface area contributed by atoms with E-state index in [1.165, 1.54) is 10.9 Å². The maximum absolute atomic E-state index is 12.1. The molecule has 0 saturated carbocycles. The van der Waals surface area contributed by atoms with Crippen LogP contribution in [0.5, 0.6) is 0 Å². The first-order chi connectivity index (χ1) is 13.9. The van der Waals surface area contributed by atoms with E-state index in [1.807, 2.05) is 0 Å². The number of carbonyl (C=O) groups is 2. The molecule has 29 heavy (non-hydrogen) atoms. The lowest BCUT2D eigenvalue weighted by Gasteiger charge is -2.07. The zero-order valence-corrected chi connectivity index (χ0v) is 16.3. The van der Waals surface area contributed by atoms with Crippen LogP contribution in [0, 0.1) is 10.1 Å². The molecule has 13 heteroatoms. The summed E-state index contributed by atoms with van der Waals surface area (Å²) in [6.07, 6.45) is 2.31. The van der Waals surface area contributed by atoms with Gasteiger partial charge in [0.25, 0.3) is 5.91 Å². The largest absolute Gasteiger partial charge is 0.350 e. The Balaban J connectivity index is 1.46. The molecule has 2 N–H and O–H groups in total. The van der Waals surface area contributed by atoms with E-state index in [2.05, 4.69) is 41.8 Å². The standard InChI is InChI=1S/C16H14BrN7O5/c17-12-4-2-1-3-11(12)14(25)18-5-6-19-15(26)16-21-13(22-29-16)9-23-8-10(7-20-23)24(27)28/h1-4,7-8H,5-6,9H2,(H,18,25)(H,19,26). The quantitative estimate of drug-likeness (QED) is 0.285. The number of nitrogens with zero attached hydrogens (tertiary/aromatic N) is 5. The van der Waals surface area contributed by atoms with E-state index in [9.17, 15) is 19.7 Å². The number of halogens is 1. The summed E-state index contributed by atoms with van der Waals surface area (Å²) >= 11 is 3.30. The van der Waals surface area contributed by atoms with Gasteiger partial charge in [-0.1, -0.05) is 17.3 Å². The van der Waals surface area contributed by atoms with Crippen molar-refractivity contribution in [2.45, 2.75) is 6.54 Å². The lowest BCUT2D eigenvalue weighted by Crippen LogP contribution is -2.35. The molecular formula is C16H14BrN7O5. The number of hydrogen-bond donors (Lipinski definition) is 2. The van der Waals surface area contributed by atoms with Gasteiger partial charge in [-0.2, -0.15) is 10.1 Å². The monoisotopic (exact) mass is 463 g/mol. The average molecular weight is 464 g/mol. The molecule has 2 heterocycles. The van der Waals surface area contributed by atoms with Crippen LogP contribution < -0.4 is 10.6 Å². The highest BCUT2D eigenvalue weighted by Crippen LogP contribution is 2.15. The third kappa shape index (κ3) is 5.22. The Morgan fingerprint density at radius 1 is 1.21 bits per heavy atom. The van der Waals surface area contributed by atoms with E-state index in [0.717, 1.165) is 6.20 Å². The highest BCUT2D eigenvalue weighted by atomic mass is 79.9. The summed E-state index contributed by atoms with van der Waals surface area (Å²) in [5, 5.41) is 23.3. The molecule has 3 aromatic rings. The van der Waals surface area contributed by atoms with Gasteiger partial charge in [0.1, 0.15) is 18.9 Å². The topological polar surface area (TPSA) is 158 Å². The fourth-order valence-electron chi connectivity index (χ4n) is 2.26. The van der Waals surface area contributed by atoms with E-state index in [0.29, 0.717) is 10.0 Å². The molecule has 150 valence electrons. The molecule has 12 nitrogen and oxygen atoms in total. The molecule has 0 radical (unpaired) electrons. The number of nitro groups is 1. The van der Waals surface area contributed by atoms with Crippen molar-refractivity contribution >= 4 is 33.4 Å². The Morgan fingerprint density at radius 3 is 2.62 bits per heavy atom. The van der Waals surface area contributed by atoms with E-state index in [1.54, 1.807) is 24.3 Å². The third-order valence-corrected chi connectivity index (χ3v) is 4.30. The normalized spacial score (nSPS) is 10.5. The lowest BCUT2D eigenvalue weighted by atomic mass is 10.2. The van der Waals surface area contributed by atoms with Crippen molar-refractivity contribution in [3.63, 3.8) is 0 Å². The number of nitrogens with one attached hydrogen (secondary N) is 2. The van der Waals surface area contributed by atoms with Crippen LogP contribution in [-0.2, 0) is 6.54 Å². The van der Waals surface area contributed by atoms with Crippen LogP contribution in [-0.4, -0.2) is 49.7 Å². The highest BCUT2D eigenvalue weighted by Gasteiger charge is 2.16. The molecular weight excluding hydrogens is 450 g/mol. The fourth-order valence-corrected chi connectivity index (χ4v) is 2.72. The number of amides is 2. The Hall–Kier alpha value is -3.61. The van der Waals surface area contributed by atoms with Crippen molar-refractivity contribution in [2.24, 2.45) is 0 Å². The zero-order valence-electron chi connectivity index (χ0n) is 14.7. The van der Waals surface area contributed by atoms with Crippen molar-refractivity contribution in [3.8, 4) is 0 Å². The average Bonchev–Trinajstić information content (AvgIpc) is 3.35. The van der Waals surface area contributed by atoms with Crippen LogP contribution in [0.4, 0.5) is 5.69 Å². The zero-order chi connectivity index (χ0) is 20.8. The number of benzene rings is 1. The van der Waals surface area contributed by atoms with E-state index in [-0.39, 0.29) is 42.9 Å². The van der Waals surface area contributed by atoms with Crippen molar-refractivity contribution in [2.75, 3.05) is 13.1 Å². The second-order valence-corrected chi connectivity index (χ2v) is 6.51. The maximum atomic E-state index is 12.1. The van der Waals surface area contributed by atoms with Gasteiger partial charge < -0.3 is 15.2 Å². The molecule has 2 aromatic heterocycles. The minimum Gasteiger partial charge on any atom is -0.350 e. The molecule has 0 aliphatic rings. The molecule has 0 unspecified atom stereocenters. The van der Waals surface area contributed by atoms with Gasteiger partial charge in [-0.15, -0.1) is 0 Å². The van der Waals surface area contributed by atoms with Gasteiger partial charge in [-0.25, -0.2) is 0 Å². The Morgan fingerprint density at radius 2 is 1.93 bits per heavy atom. The van der Waals surface area contributed by atoms with E-state index >= 15 is 0 Å².